The number of ether oxygens (including phenoxy) is 2. The Balaban J connectivity index is 2.13. The number of benzene rings is 1. The summed E-state index contributed by atoms with van der Waals surface area (Å²) in [4.78, 5) is 14.8. The van der Waals surface area contributed by atoms with Gasteiger partial charge >= 0.3 is 0 Å². The quantitative estimate of drug-likeness (QED) is 0.512. The van der Waals surface area contributed by atoms with Crippen LogP contribution in [0.1, 0.15) is 5.56 Å². The van der Waals surface area contributed by atoms with Crippen LogP contribution in [0.15, 0.2) is 22.6 Å². The summed E-state index contributed by atoms with van der Waals surface area (Å²) in [6.45, 7) is -0.271. The van der Waals surface area contributed by atoms with E-state index in [0.717, 1.165) is 0 Å². The second-order valence-electron chi connectivity index (χ2n) is 4.23. The Morgan fingerprint density at radius 2 is 2.30 bits per heavy atom. The van der Waals surface area contributed by atoms with E-state index in [2.05, 4.69) is 15.5 Å². The molecule has 0 aliphatic carbocycles. The van der Waals surface area contributed by atoms with Crippen molar-refractivity contribution in [1.29, 1.82) is 0 Å². The Labute approximate surface area is 141 Å². The molecule has 1 heterocycles. The molecule has 2 rings (SSSR count). The van der Waals surface area contributed by atoms with Crippen LogP contribution in [0.4, 0.5) is 10.9 Å². The van der Waals surface area contributed by atoms with Gasteiger partial charge < -0.3 is 20.9 Å². The molecule has 23 heavy (non-hydrogen) atoms. The fourth-order valence-electron chi connectivity index (χ4n) is 1.57. The molecule has 1 aromatic carbocycles. The summed E-state index contributed by atoms with van der Waals surface area (Å²) in [6, 6.07) is 3.14. The van der Waals surface area contributed by atoms with Crippen molar-refractivity contribution in [3.8, 4) is 11.5 Å². The molecule has 0 aliphatic heterocycles. The molecule has 0 saturated carbocycles. The van der Waals surface area contributed by atoms with Crippen molar-refractivity contribution in [3.05, 3.63) is 28.1 Å². The molecule has 0 spiro atoms. The zero-order valence-electron chi connectivity index (χ0n) is 12.1. The van der Waals surface area contributed by atoms with Crippen LogP contribution >= 0.6 is 22.9 Å². The lowest BCUT2D eigenvalue weighted by atomic mass is 10.2. The average Bonchev–Trinajstić information content (AvgIpc) is 2.92. The molecule has 122 valence electrons. The first-order valence-electron chi connectivity index (χ1n) is 6.28. The fraction of sp³-hybridized carbons (Fsp3) is 0.154. The summed E-state index contributed by atoms with van der Waals surface area (Å²) >= 11 is 7.48. The van der Waals surface area contributed by atoms with E-state index in [1.165, 1.54) is 30.7 Å². The van der Waals surface area contributed by atoms with Gasteiger partial charge in [0, 0.05) is 17.0 Å². The lowest BCUT2D eigenvalue weighted by molar-refractivity contribution is -0.119. The van der Waals surface area contributed by atoms with Crippen molar-refractivity contribution in [3.63, 3.8) is 0 Å². The summed E-state index contributed by atoms with van der Waals surface area (Å²) in [5, 5.41) is 6.65. The number of hydrazone groups is 1. The molecule has 2 aromatic rings. The van der Waals surface area contributed by atoms with Crippen molar-refractivity contribution in [2.45, 2.75) is 0 Å². The molecule has 1 amide bonds. The summed E-state index contributed by atoms with van der Waals surface area (Å²) in [6.07, 6.45) is 1.50. The van der Waals surface area contributed by atoms with Crippen LogP contribution in [0, 0.1) is 0 Å². The van der Waals surface area contributed by atoms with E-state index in [0.29, 0.717) is 33.0 Å². The van der Waals surface area contributed by atoms with E-state index in [-0.39, 0.29) is 6.61 Å². The number of hydrogen-bond donors (Lipinski definition) is 3. The average molecular weight is 356 g/mol. The maximum absolute atomic E-state index is 10.8. The molecule has 1 aromatic heterocycles. The van der Waals surface area contributed by atoms with Crippen molar-refractivity contribution in [2.24, 2.45) is 10.8 Å². The molecular weight excluding hydrogens is 342 g/mol. The molecule has 0 radical (unpaired) electrons. The molecule has 0 fully saturated rings. The number of rotatable bonds is 7. The first kappa shape index (κ1) is 16.8. The van der Waals surface area contributed by atoms with E-state index in [1.54, 1.807) is 11.4 Å². The first-order valence-corrected chi connectivity index (χ1v) is 7.54. The first-order chi connectivity index (χ1) is 11.0. The molecule has 5 N–H and O–H groups in total. The predicted octanol–water partition coefficient (Wildman–Crippen LogP) is 1.70. The molecule has 0 atom stereocenters. The van der Waals surface area contributed by atoms with Gasteiger partial charge in [0.05, 0.1) is 18.3 Å². The molecule has 10 heteroatoms. The molecule has 8 nitrogen and oxygen atoms in total. The maximum atomic E-state index is 10.8. The number of nitrogen functional groups attached to an aromatic ring is 1. The van der Waals surface area contributed by atoms with Crippen LogP contribution in [0.3, 0.4) is 0 Å². The monoisotopic (exact) mass is 355 g/mol. The van der Waals surface area contributed by atoms with Crippen LogP contribution in [-0.4, -0.2) is 30.8 Å². The zero-order chi connectivity index (χ0) is 16.8. The topological polar surface area (TPSA) is 125 Å². The molecular formula is C13H14ClN5O3S. The van der Waals surface area contributed by atoms with Gasteiger partial charge in [-0.3, -0.25) is 10.2 Å². The molecule has 0 saturated heterocycles. The minimum absolute atomic E-state index is 0.271. The number of thiazole rings is 1. The minimum Gasteiger partial charge on any atom is -0.493 e. The Morgan fingerprint density at radius 3 is 2.91 bits per heavy atom. The summed E-state index contributed by atoms with van der Waals surface area (Å²) < 4.78 is 10.4. The second kappa shape index (κ2) is 7.65. The second-order valence-corrected chi connectivity index (χ2v) is 5.49. The van der Waals surface area contributed by atoms with Gasteiger partial charge in [-0.1, -0.05) is 11.6 Å². The van der Waals surface area contributed by atoms with Crippen molar-refractivity contribution in [1.82, 2.24) is 4.98 Å². The number of nitrogens with two attached hydrogens (primary N) is 2. The molecule has 0 unspecified atom stereocenters. The van der Waals surface area contributed by atoms with Gasteiger partial charge in [0.2, 0.25) is 5.13 Å². The third-order valence-corrected chi connectivity index (χ3v) is 3.63. The Morgan fingerprint density at radius 1 is 1.52 bits per heavy atom. The standard InChI is InChI=1S/C13H14ClN5O3S/c1-21-9-2-7(4-17-19-13-18-11(15)6-23-13)8(14)3-10(9)22-5-12(16)20/h2-4,6H,5,15H2,1H3,(H2,16,20)(H,18,19). The number of hydrogen-bond acceptors (Lipinski definition) is 8. The van der Waals surface area contributed by atoms with E-state index >= 15 is 0 Å². The highest BCUT2D eigenvalue weighted by molar-refractivity contribution is 7.14. The fourth-order valence-corrected chi connectivity index (χ4v) is 2.32. The number of methoxy groups -OCH3 is 1. The van der Waals surface area contributed by atoms with Gasteiger partial charge in [0.1, 0.15) is 5.82 Å². The number of halogens is 1. The third-order valence-electron chi connectivity index (χ3n) is 2.54. The zero-order valence-corrected chi connectivity index (χ0v) is 13.6. The summed E-state index contributed by atoms with van der Waals surface area (Å²) in [7, 11) is 1.47. The third kappa shape index (κ3) is 4.73. The number of carbonyl (C=O) groups excluding carboxylic acids is 1. The van der Waals surface area contributed by atoms with Crippen LogP contribution in [0.2, 0.25) is 5.02 Å². The maximum Gasteiger partial charge on any atom is 0.255 e. The summed E-state index contributed by atoms with van der Waals surface area (Å²) in [5.41, 5.74) is 13.9. The number of nitrogens with zero attached hydrogens (tertiary/aromatic N) is 2. The van der Waals surface area contributed by atoms with Crippen molar-refractivity contribution < 1.29 is 14.3 Å². The van der Waals surface area contributed by atoms with Gasteiger partial charge in [-0.25, -0.2) is 4.98 Å². The Kier molecular flexibility index (Phi) is 5.61. The highest BCUT2D eigenvalue weighted by atomic mass is 35.5. The van der Waals surface area contributed by atoms with Gasteiger partial charge in [-0.05, 0) is 6.07 Å². The number of amides is 1. The number of primary amides is 1. The minimum atomic E-state index is -0.597. The van der Waals surface area contributed by atoms with Gasteiger partial charge in [0.15, 0.2) is 18.1 Å². The number of aromatic nitrogens is 1. The van der Waals surface area contributed by atoms with Crippen LogP contribution in [0.25, 0.3) is 0 Å². The van der Waals surface area contributed by atoms with Crippen LogP contribution in [0.5, 0.6) is 11.5 Å². The number of carbonyl (C=O) groups is 1. The highest BCUT2D eigenvalue weighted by Gasteiger charge is 2.10. The lowest BCUT2D eigenvalue weighted by Crippen LogP contribution is -2.20. The SMILES string of the molecule is COc1cc(C=NNc2nc(N)cs2)c(Cl)cc1OCC(N)=O. The number of nitrogens with one attached hydrogen (secondary N) is 1. The van der Waals surface area contributed by atoms with Gasteiger partial charge in [-0.15, -0.1) is 11.3 Å². The largest absolute Gasteiger partial charge is 0.493 e. The van der Waals surface area contributed by atoms with Gasteiger partial charge in [0.25, 0.3) is 5.91 Å². The Hall–Kier alpha value is -2.52. The van der Waals surface area contributed by atoms with E-state index in [4.69, 9.17) is 32.5 Å². The number of anilines is 2. The smallest absolute Gasteiger partial charge is 0.255 e. The van der Waals surface area contributed by atoms with E-state index < -0.39 is 5.91 Å². The normalized spacial score (nSPS) is 10.7. The van der Waals surface area contributed by atoms with E-state index in [1.807, 2.05) is 0 Å². The summed E-state index contributed by atoms with van der Waals surface area (Å²) in [5.74, 6) is 0.536. The van der Waals surface area contributed by atoms with Crippen molar-refractivity contribution >= 4 is 46.0 Å². The van der Waals surface area contributed by atoms with Gasteiger partial charge in [-0.2, -0.15) is 5.10 Å². The predicted molar refractivity (Wildman–Crippen MR) is 90.4 cm³/mol. The van der Waals surface area contributed by atoms with Crippen LogP contribution in [-0.2, 0) is 4.79 Å². The van der Waals surface area contributed by atoms with Crippen molar-refractivity contribution in [2.75, 3.05) is 24.9 Å². The Bertz CT molecular complexity index is 734. The van der Waals surface area contributed by atoms with Crippen LogP contribution < -0.4 is 26.4 Å². The molecule has 0 bridgehead atoms. The van der Waals surface area contributed by atoms with E-state index in [9.17, 15) is 4.79 Å². The molecule has 0 aliphatic rings. The highest BCUT2D eigenvalue weighted by Crippen LogP contribution is 2.32. The lowest BCUT2D eigenvalue weighted by Gasteiger charge is -2.11.